The Kier molecular flexibility index (Phi) is 5.26. The fraction of sp³-hybridized carbons (Fsp3) is 0. The average molecular weight is 458 g/mol. The first-order valence-electron chi connectivity index (χ1n) is 9.80. The first-order valence-corrected chi connectivity index (χ1v) is 10.6. The Morgan fingerprint density at radius 1 is 0.844 bits per heavy atom. The van der Waals surface area contributed by atoms with Gasteiger partial charge in [0.25, 0.3) is 5.91 Å². The molecule has 4 aromatic carbocycles. The van der Waals surface area contributed by atoms with E-state index in [4.69, 9.17) is 23.8 Å². The molecule has 0 unspecified atom stereocenters. The van der Waals surface area contributed by atoms with Crippen LogP contribution >= 0.6 is 23.8 Å². The molecule has 0 spiro atoms. The van der Waals surface area contributed by atoms with Gasteiger partial charge >= 0.3 is 0 Å². The van der Waals surface area contributed by atoms with Gasteiger partial charge in [0.1, 0.15) is 11.0 Å². The van der Waals surface area contributed by atoms with Gasteiger partial charge in [0.2, 0.25) is 0 Å². The van der Waals surface area contributed by atoms with E-state index in [0.717, 1.165) is 22.0 Å². The largest absolute Gasteiger partial charge is 0.332 e. The zero-order valence-electron chi connectivity index (χ0n) is 16.6. The highest BCUT2D eigenvalue weighted by atomic mass is 35.5. The molecule has 0 saturated heterocycles. The molecule has 0 radical (unpaired) electrons. The van der Waals surface area contributed by atoms with Crippen LogP contribution in [0.15, 0.2) is 84.9 Å². The van der Waals surface area contributed by atoms with Crippen LogP contribution in [-0.2, 0) is 0 Å². The SMILES string of the molecule is O=C(NC(=S)Nc1ccc2nn(-c3ccccc3)nc2c1)c1cccc2c(Cl)cccc12. The average Bonchev–Trinajstić information content (AvgIpc) is 3.23. The van der Waals surface area contributed by atoms with Gasteiger partial charge in [0.05, 0.1) is 5.69 Å². The third-order valence-corrected chi connectivity index (χ3v) is 5.50. The number of amides is 1. The highest BCUT2D eigenvalue weighted by Crippen LogP contribution is 2.26. The monoisotopic (exact) mass is 457 g/mol. The minimum atomic E-state index is -0.313. The van der Waals surface area contributed by atoms with Crippen molar-refractivity contribution < 1.29 is 4.79 Å². The van der Waals surface area contributed by atoms with Gasteiger partial charge in [-0.05, 0) is 60.1 Å². The number of fused-ring (bicyclic) bond motifs is 2. The first-order chi connectivity index (χ1) is 15.6. The number of benzene rings is 4. The van der Waals surface area contributed by atoms with Crippen molar-refractivity contribution in [3.63, 3.8) is 0 Å². The van der Waals surface area contributed by atoms with Crippen LogP contribution in [-0.4, -0.2) is 26.0 Å². The fourth-order valence-electron chi connectivity index (χ4n) is 3.47. The number of rotatable bonds is 3. The Morgan fingerprint density at radius 2 is 1.59 bits per heavy atom. The van der Waals surface area contributed by atoms with Crippen molar-refractivity contribution in [3.8, 4) is 5.69 Å². The van der Waals surface area contributed by atoms with Gasteiger partial charge in [-0.15, -0.1) is 10.2 Å². The highest BCUT2D eigenvalue weighted by Gasteiger charge is 2.13. The predicted molar refractivity (Wildman–Crippen MR) is 132 cm³/mol. The minimum Gasteiger partial charge on any atom is -0.332 e. The lowest BCUT2D eigenvalue weighted by molar-refractivity contribution is 0.0979. The molecule has 0 aliphatic rings. The highest BCUT2D eigenvalue weighted by molar-refractivity contribution is 7.80. The molecule has 8 heteroatoms. The molecule has 156 valence electrons. The second-order valence-electron chi connectivity index (χ2n) is 7.08. The summed E-state index contributed by atoms with van der Waals surface area (Å²) in [6, 6.07) is 26.1. The zero-order valence-corrected chi connectivity index (χ0v) is 18.2. The van der Waals surface area contributed by atoms with Gasteiger partial charge < -0.3 is 5.32 Å². The maximum Gasteiger partial charge on any atom is 0.258 e. The Hall–Kier alpha value is -3.81. The molecule has 1 heterocycles. The number of para-hydroxylation sites is 1. The molecule has 0 saturated carbocycles. The Balaban J connectivity index is 1.34. The summed E-state index contributed by atoms with van der Waals surface area (Å²) >= 11 is 11.6. The van der Waals surface area contributed by atoms with Crippen molar-refractivity contribution in [2.75, 3.05) is 5.32 Å². The Morgan fingerprint density at radius 3 is 2.44 bits per heavy atom. The Bertz CT molecular complexity index is 1480. The molecule has 2 N–H and O–H groups in total. The fourth-order valence-corrected chi connectivity index (χ4v) is 3.92. The van der Waals surface area contributed by atoms with Crippen molar-refractivity contribution >= 4 is 62.3 Å². The summed E-state index contributed by atoms with van der Waals surface area (Å²) in [5, 5.41) is 17.1. The van der Waals surface area contributed by atoms with Crippen molar-refractivity contribution in [2.24, 2.45) is 0 Å². The van der Waals surface area contributed by atoms with E-state index in [1.165, 1.54) is 0 Å². The van der Waals surface area contributed by atoms with Crippen molar-refractivity contribution in [2.45, 2.75) is 0 Å². The predicted octanol–water partition coefficient (Wildman–Crippen LogP) is 5.35. The molecule has 32 heavy (non-hydrogen) atoms. The molecule has 0 fully saturated rings. The van der Waals surface area contributed by atoms with Crippen LogP contribution in [0.3, 0.4) is 0 Å². The smallest absolute Gasteiger partial charge is 0.258 e. The third kappa shape index (κ3) is 3.91. The van der Waals surface area contributed by atoms with Crippen molar-refractivity contribution in [1.29, 1.82) is 0 Å². The molecule has 5 aromatic rings. The first kappa shape index (κ1) is 20.1. The number of nitrogens with one attached hydrogen (secondary N) is 2. The minimum absolute atomic E-state index is 0.184. The van der Waals surface area contributed by atoms with E-state index in [9.17, 15) is 4.79 Å². The zero-order chi connectivity index (χ0) is 22.1. The molecule has 6 nitrogen and oxygen atoms in total. The standard InChI is InChI=1S/C24H16ClN5OS/c25-20-11-5-8-17-18(20)9-4-10-19(17)23(31)27-24(32)26-15-12-13-21-22(14-15)29-30(28-21)16-6-2-1-3-7-16/h1-14H,(H2,26,27,31,32). The lowest BCUT2D eigenvalue weighted by Crippen LogP contribution is -2.34. The quantitative estimate of drug-likeness (QED) is 0.357. The summed E-state index contributed by atoms with van der Waals surface area (Å²) in [6.45, 7) is 0. The normalized spacial score (nSPS) is 10.9. The van der Waals surface area contributed by atoms with E-state index in [1.54, 1.807) is 23.0 Å². The lowest BCUT2D eigenvalue weighted by atomic mass is 10.0. The van der Waals surface area contributed by atoms with Gasteiger partial charge in [-0.1, -0.05) is 54.1 Å². The van der Waals surface area contributed by atoms with Gasteiger partial charge in [0.15, 0.2) is 5.11 Å². The third-order valence-electron chi connectivity index (χ3n) is 4.97. The molecule has 1 amide bonds. The number of aromatic nitrogens is 3. The number of carbonyl (C=O) groups excluding carboxylic acids is 1. The maximum absolute atomic E-state index is 12.8. The van der Waals surface area contributed by atoms with E-state index in [1.807, 2.05) is 66.7 Å². The second kappa shape index (κ2) is 8.37. The van der Waals surface area contributed by atoms with Gasteiger partial charge in [-0.3, -0.25) is 10.1 Å². The molecule has 1 aromatic heterocycles. The van der Waals surface area contributed by atoms with Gasteiger partial charge in [-0.2, -0.15) is 4.80 Å². The number of halogens is 1. The number of hydrogen-bond donors (Lipinski definition) is 2. The summed E-state index contributed by atoms with van der Waals surface area (Å²) in [6.07, 6.45) is 0. The molecule has 0 aliphatic carbocycles. The summed E-state index contributed by atoms with van der Waals surface area (Å²) in [4.78, 5) is 14.4. The van der Waals surface area contributed by atoms with E-state index < -0.39 is 0 Å². The van der Waals surface area contributed by atoms with Crippen LogP contribution in [0.25, 0.3) is 27.5 Å². The number of anilines is 1. The van der Waals surface area contributed by atoms with Crippen molar-refractivity contribution in [3.05, 3.63) is 95.5 Å². The molecule has 0 atom stereocenters. The van der Waals surface area contributed by atoms with E-state index in [-0.39, 0.29) is 11.0 Å². The molecular formula is C24H16ClN5OS. The summed E-state index contributed by atoms with van der Waals surface area (Å²) in [5.74, 6) is -0.313. The molecule has 0 aliphatic heterocycles. The van der Waals surface area contributed by atoms with Crippen LogP contribution in [0.4, 0.5) is 5.69 Å². The maximum atomic E-state index is 12.8. The summed E-state index contributed by atoms with van der Waals surface area (Å²) < 4.78 is 0. The van der Waals surface area contributed by atoms with E-state index in [0.29, 0.717) is 21.8 Å². The number of nitrogens with zero attached hydrogens (tertiary/aromatic N) is 3. The van der Waals surface area contributed by atoms with Crippen LogP contribution in [0.1, 0.15) is 10.4 Å². The van der Waals surface area contributed by atoms with Crippen molar-refractivity contribution in [1.82, 2.24) is 20.3 Å². The Labute approximate surface area is 193 Å². The topological polar surface area (TPSA) is 71.8 Å². The summed E-state index contributed by atoms with van der Waals surface area (Å²) in [7, 11) is 0. The molecular weight excluding hydrogens is 442 g/mol. The van der Waals surface area contributed by atoms with E-state index >= 15 is 0 Å². The molecule has 5 rings (SSSR count). The van der Waals surface area contributed by atoms with Gasteiger partial charge in [-0.25, -0.2) is 0 Å². The second-order valence-corrected chi connectivity index (χ2v) is 7.89. The van der Waals surface area contributed by atoms with E-state index in [2.05, 4.69) is 20.8 Å². The van der Waals surface area contributed by atoms with Gasteiger partial charge in [0, 0.05) is 21.7 Å². The number of thiocarbonyl (C=S) groups is 1. The van der Waals surface area contributed by atoms with Crippen LogP contribution in [0.5, 0.6) is 0 Å². The number of carbonyl (C=O) groups is 1. The van der Waals surface area contributed by atoms with Crippen LogP contribution in [0.2, 0.25) is 5.02 Å². The molecule has 0 bridgehead atoms. The van der Waals surface area contributed by atoms with Crippen LogP contribution in [0, 0.1) is 0 Å². The summed E-state index contributed by atoms with van der Waals surface area (Å²) in [5.41, 5.74) is 3.52. The lowest BCUT2D eigenvalue weighted by Gasteiger charge is -2.11. The number of hydrogen-bond acceptors (Lipinski definition) is 4. The van der Waals surface area contributed by atoms with Crippen LogP contribution < -0.4 is 10.6 Å².